The van der Waals surface area contributed by atoms with Crippen LogP contribution in [0.3, 0.4) is 0 Å². The van der Waals surface area contributed by atoms with Gasteiger partial charge >= 0.3 is 0 Å². The summed E-state index contributed by atoms with van der Waals surface area (Å²) < 4.78 is 17.8. The van der Waals surface area contributed by atoms with Gasteiger partial charge in [-0.15, -0.1) is 0 Å². The highest BCUT2D eigenvalue weighted by Gasteiger charge is 2.07. The van der Waals surface area contributed by atoms with Crippen molar-refractivity contribution < 1.29 is 9.13 Å². The van der Waals surface area contributed by atoms with Gasteiger partial charge in [0.2, 0.25) is 0 Å². The van der Waals surface area contributed by atoms with Gasteiger partial charge in [-0.05, 0) is 25.0 Å². The minimum absolute atomic E-state index is 0.303. The molecule has 0 aromatic heterocycles. The second-order valence-electron chi connectivity index (χ2n) is 3.37. The van der Waals surface area contributed by atoms with E-state index < -0.39 is 5.82 Å². The number of rotatable bonds is 6. The number of methoxy groups -OCH3 is 1. The van der Waals surface area contributed by atoms with Crippen LogP contribution in [0.15, 0.2) is 12.1 Å². The van der Waals surface area contributed by atoms with Crippen LogP contribution in [0.2, 0.25) is 10.0 Å². The number of ether oxygens (including phenoxy) is 1. The lowest BCUT2D eigenvalue weighted by atomic mass is 10.2. The number of hydrogen-bond donors (Lipinski definition) is 1. The fourth-order valence-electron chi connectivity index (χ4n) is 1.30. The van der Waals surface area contributed by atoms with Crippen LogP contribution >= 0.6 is 23.2 Å². The molecule has 1 N–H and O–H groups in total. The number of halogens is 3. The fourth-order valence-corrected chi connectivity index (χ4v) is 1.89. The van der Waals surface area contributed by atoms with Gasteiger partial charge in [0, 0.05) is 20.3 Å². The van der Waals surface area contributed by atoms with Crippen LogP contribution in [-0.2, 0) is 4.74 Å². The first kappa shape index (κ1) is 13.6. The number of nitrogens with one attached hydrogen (secondary N) is 1. The molecule has 0 saturated heterocycles. The molecule has 0 aliphatic rings. The Kier molecular flexibility index (Phi) is 5.88. The summed E-state index contributed by atoms with van der Waals surface area (Å²) in [6.45, 7) is 1.46. The standard InChI is InChI=1S/C11H14Cl2FNO/c1-16-5-3-2-4-15-11-9(12)6-8(14)7-10(11)13/h6-7,15H,2-5H2,1H3. The summed E-state index contributed by atoms with van der Waals surface area (Å²) in [6, 6.07) is 2.48. The lowest BCUT2D eigenvalue weighted by Crippen LogP contribution is -2.04. The third kappa shape index (κ3) is 4.16. The zero-order valence-corrected chi connectivity index (χ0v) is 10.5. The molecule has 0 radical (unpaired) electrons. The Bertz CT molecular complexity index is 324. The Morgan fingerprint density at radius 2 is 1.88 bits per heavy atom. The van der Waals surface area contributed by atoms with Crippen molar-refractivity contribution in [3.63, 3.8) is 0 Å². The van der Waals surface area contributed by atoms with Crippen molar-refractivity contribution in [1.29, 1.82) is 0 Å². The van der Waals surface area contributed by atoms with Gasteiger partial charge in [-0.1, -0.05) is 23.2 Å². The molecule has 0 saturated carbocycles. The van der Waals surface area contributed by atoms with Crippen molar-refractivity contribution in [2.75, 3.05) is 25.6 Å². The summed E-state index contributed by atoms with van der Waals surface area (Å²) >= 11 is 11.7. The Labute approximate surface area is 105 Å². The van der Waals surface area contributed by atoms with Gasteiger partial charge in [0.1, 0.15) is 5.82 Å². The quantitative estimate of drug-likeness (QED) is 0.786. The van der Waals surface area contributed by atoms with Crippen LogP contribution in [0.4, 0.5) is 10.1 Å². The van der Waals surface area contributed by atoms with Crippen molar-refractivity contribution in [2.45, 2.75) is 12.8 Å². The lowest BCUT2D eigenvalue weighted by molar-refractivity contribution is 0.194. The average molecular weight is 266 g/mol. The molecule has 5 heteroatoms. The topological polar surface area (TPSA) is 21.3 Å². The van der Waals surface area contributed by atoms with Crippen molar-refractivity contribution in [1.82, 2.24) is 0 Å². The minimum Gasteiger partial charge on any atom is -0.385 e. The molecule has 1 aromatic rings. The van der Waals surface area contributed by atoms with Gasteiger partial charge in [-0.2, -0.15) is 0 Å². The molecular weight excluding hydrogens is 252 g/mol. The first-order valence-electron chi connectivity index (χ1n) is 5.02. The zero-order chi connectivity index (χ0) is 12.0. The van der Waals surface area contributed by atoms with Crippen molar-refractivity contribution >= 4 is 28.9 Å². The molecule has 0 bridgehead atoms. The van der Waals surface area contributed by atoms with E-state index in [1.165, 1.54) is 12.1 Å². The maximum atomic E-state index is 12.9. The fraction of sp³-hybridized carbons (Fsp3) is 0.455. The number of anilines is 1. The van der Waals surface area contributed by atoms with E-state index in [0.717, 1.165) is 26.0 Å². The van der Waals surface area contributed by atoms with E-state index in [4.69, 9.17) is 27.9 Å². The predicted octanol–water partition coefficient (Wildman–Crippen LogP) is 3.97. The molecule has 0 aliphatic heterocycles. The second-order valence-corrected chi connectivity index (χ2v) is 4.19. The first-order chi connectivity index (χ1) is 7.65. The third-order valence-electron chi connectivity index (χ3n) is 2.08. The molecule has 0 amide bonds. The monoisotopic (exact) mass is 265 g/mol. The molecule has 0 spiro atoms. The Hall–Kier alpha value is -0.510. The number of hydrogen-bond acceptors (Lipinski definition) is 2. The van der Waals surface area contributed by atoms with Gasteiger partial charge < -0.3 is 10.1 Å². The zero-order valence-electron chi connectivity index (χ0n) is 9.03. The molecule has 0 atom stereocenters. The smallest absolute Gasteiger partial charge is 0.126 e. The molecule has 1 aromatic carbocycles. The van der Waals surface area contributed by atoms with E-state index in [-0.39, 0.29) is 0 Å². The molecule has 0 aliphatic carbocycles. The first-order valence-corrected chi connectivity index (χ1v) is 5.78. The molecule has 2 nitrogen and oxygen atoms in total. The van der Waals surface area contributed by atoms with Gasteiger partial charge in [-0.3, -0.25) is 0 Å². The Morgan fingerprint density at radius 3 is 2.44 bits per heavy atom. The summed E-state index contributed by atoms with van der Waals surface area (Å²) in [5.74, 6) is -0.431. The highest BCUT2D eigenvalue weighted by atomic mass is 35.5. The molecule has 16 heavy (non-hydrogen) atoms. The highest BCUT2D eigenvalue weighted by Crippen LogP contribution is 2.31. The van der Waals surface area contributed by atoms with Crippen LogP contribution in [0.1, 0.15) is 12.8 Å². The molecule has 0 heterocycles. The normalized spacial score (nSPS) is 10.5. The lowest BCUT2D eigenvalue weighted by Gasteiger charge is -2.10. The van der Waals surface area contributed by atoms with Crippen LogP contribution in [0.25, 0.3) is 0 Å². The number of unbranched alkanes of at least 4 members (excludes halogenated alkanes) is 1. The molecule has 1 rings (SSSR count). The van der Waals surface area contributed by atoms with E-state index in [9.17, 15) is 4.39 Å². The summed E-state index contributed by atoms with van der Waals surface area (Å²) in [4.78, 5) is 0. The Morgan fingerprint density at radius 1 is 1.25 bits per heavy atom. The summed E-state index contributed by atoms with van der Waals surface area (Å²) in [6.07, 6.45) is 1.90. The molecule has 0 fully saturated rings. The van der Waals surface area contributed by atoms with Gasteiger partial charge in [0.15, 0.2) is 0 Å². The predicted molar refractivity (Wildman–Crippen MR) is 66.0 cm³/mol. The average Bonchev–Trinajstić information content (AvgIpc) is 2.20. The van der Waals surface area contributed by atoms with E-state index in [0.29, 0.717) is 15.7 Å². The van der Waals surface area contributed by atoms with Gasteiger partial charge in [-0.25, -0.2) is 4.39 Å². The maximum absolute atomic E-state index is 12.9. The minimum atomic E-state index is -0.431. The van der Waals surface area contributed by atoms with E-state index in [1.807, 2.05) is 0 Å². The summed E-state index contributed by atoms with van der Waals surface area (Å²) in [5, 5.41) is 3.69. The maximum Gasteiger partial charge on any atom is 0.126 e. The number of benzene rings is 1. The SMILES string of the molecule is COCCCCNc1c(Cl)cc(F)cc1Cl. The summed E-state index contributed by atoms with van der Waals surface area (Å²) in [5.41, 5.74) is 0.585. The molecular formula is C11H14Cl2FNO. The van der Waals surface area contributed by atoms with Crippen LogP contribution < -0.4 is 5.32 Å². The van der Waals surface area contributed by atoms with E-state index in [1.54, 1.807) is 7.11 Å². The molecule has 90 valence electrons. The van der Waals surface area contributed by atoms with Crippen LogP contribution in [0, 0.1) is 5.82 Å². The van der Waals surface area contributed by atoms with Gasteiger partial charge in [0.05, 0.1) is 15.7 Å². The second kappa shape index (κ2) is 6.94. The van der Waals surface area contributed by atoms with Crippen LogP contribution in [0.5, 0.6) is 0 Å². The third-order valence-corrected chi connectivity index (χ3v) is 2.68. The highest BCUT2D eigenvalue weighted by molar-refractivity contribution is 6.39. The van der Waals surface area contributed by atoms with Crippen molar-refractivity contribution in [3.8, 4) is 0 Å². The largest absolute Gasteiger partial charge is 0.385 e. The van der Waals surface area contributed by atoms with E-state index in [2.05, 4.69) is 5.32 Å². The van der Waals surface area contributed by atoms with Crippen molar-refractivity contribution in [2.24, 2.45) is 0 Å². The van der Waals surface area contributed by atoms with E-state index >= 15 is 0 Å². The summed E-state index contributed by atoms with van der Waals surface area (Å²) in [7, 11) is 1.67. The Balaban J connectivity index is 2.47. The van der Waals surface area contributed by atoms with Crippen LogP contribution in [-0.4, -0.2) is 20.3 Å². The van der Waals surface area contributed by atoms with Gasteiger partial charge in [0.25, 0.3) is 0 Å². The van der Waals surface area contributed by atoms with Crippen molar-refractivity contribution in [3.05, 3.63) is 28.0 Å². The molecule has 0 unspecified atom stereocenters.